The Morgan fingerprint density at radius 2 is 2.05 bits per heavy atom. The van der Waals surface area contributed by atoms with E-state index < -0.39 is 23.5 Å². The minimum absolute atomic E-state index is 0.107. The lowest BCUT2D eigenvalue weighted by Gasteiger charge is -2.19. The molecule has 2 aromatic rings. The molecule has 0 aliphatic heterocycles. The van der Waals surface area contributed by atoms with E-state index in [2.05, 4.69) is 4.37 Å². The van der Waals surface area contributed by atoms with Crippen LogP contribution in [-0.2, 0) is 4.74 Å². The van der Waals surface area contributed by atoms with E-state index in [1.165, 1.54) is 12.1 Å². The third-order valence-electron chi connectivity index (χ3n) is 2.82. The standard InChI is InChI=1S/C16H18FNO3S/c1-9(19)14-8-13(18-22-14)10-5-6-11(12(17)7-10)15(20)21-16(2,3)4/h5-9,19H,1-4H3/t9-/m0/s1. The summed E-state index contributed by atoms with van der Waals surface area (Å²) in [7, 11) is 0. The highest BCUT2D eigenvalue weighted by atomic mass is 32.1. The van der Waals surface area contributed by atoms with E-state index in [4.69, 9.17) is 4.74 Å². The van der Waals surface area contributed by atoms with Crippen LogP contribution in [0.5, 0.6) is 0 Å². The van der Waals surface area contributed by atoms with Gasteiger partial charge >= 0.3 is 5.97 Å². The topological polar surface area (TPSA) is 59.4 Å². The van der Waals surface area contributed by atoms with Crippen LogP contribution in [0.15, 0.2) is 24.3 Å². The van der Waals surface area contributed by atoms with Gasteiger partial charge in [0.05, 0.1) is 22.2 Å². The van der Waals surface area contributed by atoms with Gasteiger partial charge in [-0.05, 0) is 57.4 Å². The largest absolute Gasteiger partial charge is 0.456 e. The Balaban J connectivity index is 2.27. The first-order chi connectivity index (χ1) is 10.2. The lowest BCUT2D eigenvalue weighted by molar-refractivity contribution is 0.00647. The van der Waals surface area contributed by atoms with Gasteiger partial charge in [-0.1, -0.05) is 6.07 Å². The van der Waals surface area contributed by atoms with E-state index in [1.54, 1.807) is 39.8 Å². The number of rotatable bonds is 3. The summed E-state index contributed by atoms with van der Waals surface area (Å²) in [5.74, 6) is -1.35. The van der Waals surface area contributed by atoms with Crippen molar-refractivity contribution in [3.05, 3.63) is 40.5 Å². The van der Waals surface area contributed by atoms with Gasteiger partial charge in [0.25, 0.3) is 0 Å². The Hall–Kier alpha value is -1.79. The predicted molar refractivity (Wildman–Crippen MR) is 83.3 cm³/mol. The molecule has 0 amide bonds. The number of benzene rings is 1. The molecule has 2 rings (SSSR count). The molecule has 0 unspecified atom stereocenters. The Labute approximate surface area is 132 Å². The number of esters is 1. The van der Waals surface area contributed by atoms with E-state index in [9.17, 15) is 14.3 Å². The van der Waals surface area contributed by atoms with E-state index in [0.717, 1.165) is 11.5 Å². The van der Waals surface area contributed by atoms with Crippen molar-refractivity contribution in [1.29, 1.82) is 0 Å². The molecule has 0 radical (unpaired) electrons. The number of carbonyl (C=O) groups is 1. The number of hydrogen-bond acceptors (Lipinski definition) is 5. The molecule has 0 saturated carbocycles. The van der Waals surface area contributed by atoms with Crippen LogP contribution >= 0.6 is 11.5 Å². The molecule has 4 nitrogen and oxygen atoms in total. The summed E-state index contributed by atoms with van der Waals surface area (Å²) in [6.07, 6.45) is -0.614. The molecule has 6 heteroatoms. The second-order valence-electron chi connectivity index (χ2n) is 5.99. The maximum Gasteiger partial charge on any atom is 0.341 e. The quantitative estimate of drug-likeness (QED) is 0.869. The Morgan fingerprint density at radius 1 is 1.36 bits per heavy atom. The van der Waals surface area contributed by atoms with Crippen molar-refractivity contribution in [2.45, 2.75) is 39.4 Å². The summed E-state index contributed by atoms with van der Waals surface area (Å²) < 4.78 is 23.5. The van der Waals surface area contributed by atoms with Gasteiger partial charge in [-0.25, -0.2) is 9.18 Å². The molecule has 0 aliphatic rings. The molecule has 0 fully saturated rings. The van der Waals surface area contributed by atoms with Gasteiger partial charge in [0.1, 0.15) is 11.4 Å². The van der Waals surface area contributed by atoms with Gasteiger partial charge in [0.15, 0.2) is 0 Å². The molecular weight excluding hydrogens is 305 g/mol. The number of hydrogen-bond donors (Lipinski definition) is 1. The van der Waals surface area contributed by atoms with Gasteiger partial charge in [-0.2, -0.15) is 4.37 Å². The Kier molecular flexibility index (Phi) is 4.63. The van der Waals surface area contributed by atoms with Crippen molar-refractivity contribution in [2.75, 3.05) is 0 Å². The smallest absolute Gasteiger partial charge is 0.341 e. The molecule has 1 aromatic carbocycles. The number of aromatic nitrogens is 1. The summed E-state index contributed by atoms with van der Waals surface area (Å²) in [4.78, 5) is 12.6. The number of carbonyl (C=O) groups excluding carboxylic acids is 1. The third-order valence-corrected chi connectivity index (χ3v) is 3.78. The molecule has 22 heavy (non-hydrogen) atoms. The minimum Gasteiger partial charge on any atom is -0.456 e. The maximum atomic E-state index is 14.2. The molecule has 1 aromatic heterocycles. The Bertz CT molecular complexity index is 689. The molecule has 118 valence electrons. The van der Waals surface area contributed by atoms with Gasteiger partial charge in [-0.15, -0.1) is 0 Å². The van der Waals surface area contributed by atoms with Crippen molar-refractivity contribution in [2.24, 2.45) is 0 Å². The highest BCUT2D eigenvalue weighted by Crippen LogP contribution is 2.27. The second kappa shape index (κ2) is 6.14. The molecule has 0 spiro atoms. The number of ether oxygens (including phenoxy) is 1. The van der Waals surface area contributed by atoms with Crippen LogP contribution in [0.2, 0.25) is 0 Å². The van der Waals surface area contributed by atoms with Gasteiger partial charge in [0, 0.05) is 5.56 Å². The van der Waals surface area contributed by atoms with E-state index in [-0.39, 0.29) is 5.56 Å². The number of halogens is 1. The van der Waals surface area contributed by atoms with Gasteiger partial charge in [-0.3, -0.25) is 0 Å². The number of aliphatic hydroxyl groups excluding tert-OH is 1. The molecule has 1 N–H and O–H groups in total. The first kappa shape index (κ1) is 16.6. The average Bonchev–Trinajstić information content (AvgIpc) is 2.85. The van der Waals surface area contributed by atoms with Gasteiger partial charge in [0.2, 0.25) is 0 Å². The zero-order valence-electron chi connectivity index (χ0n) is 12.9. The average molecular weight is 323 g/mol. The zero-order chi connectivity index (χ0) is 16.5. The molecular formula is C16H18FNO3S. The fourth-order valence-corrected chi connectivity index (χ4v) is 2.47. The van der Waals surface area contributed by atoms with Crippen molar-refractivity contribution in [1.82, 2.24) is 4.37 Å². The van der Waals surface area contributed by atoms with E-state index in [1.807, 2.05) is 0 Å². The van der Waals surface area contributed by atoms with Crippen LogP contribution < -0.4 is 0 Å². The predicted octanol–water partition coefficient (Wildman–Crippen LogP) is 3.96. The van der Waals surface area contributed by atoms with Crippen LogP contribution in [0.25, 0.3) is 11.3 Å². The zero-order valence-corrected chi connectivity index (χ0v) is 13.7. The second-order valence-corrected chi connectivity index (χ2v) is 6.82. The number of nitrogens with zero attached hydrogens (tertiary/aromatic N) is 1. The molecule has 1 heterocycles. The lowest BCUT2D eigenvalue weighted by Crippen LogP contribution is -2.24. The van der Waals surface area contributed by atoms with Crippen molar-refractivity contribution in [3.63, 3.8) is 0 Å². The van der Waals surface area contributed by atoms with E-state index in [0.29, 0.717) is 16.1 Å². The SMILES string of the molecule is C[C@H](O)c1cc(-c2ccc(C(=O)OC(C)(C)C)c(F)c2)ns1. The van der Waals surface area contributed by atoms with Crippen LogP contribution in [0.3, 0.4) is 0 Å². The molecule has 0 saturated heterocycles. The summed E-state index contributed by atoms with van der Waals surface area (Å²) in [5.41, 5.74) is 0.330. The highest BCUT2D eigenvalue weighted by Gasteiger charge is 2.21. The van der Waals surface area contributed by atoms with Crippen molar-refractivity contribution >= 4 is 17.5 Å². The molecule has 0 aliphatic carbocycles. The van der Waals surface area contributed by atoms with Crippen molar-refractivity contribution < 1.29 is 19.0 Å². The monoisotopic (exact) mass is 323 g/mol. The van der Waals surface area contributed by atoms with Crippen LogP contribution in [0.4, 0.5) is 4.39 Å². The maximum absolute atomic E-state index is 14.2. The van der Waals surface area contributed by atoms with Gasteiger partial charge < -0.3 is 9.84 Å². The molecule has 0 bridgehead atoms. The third kappa shape index (κ3) is 3.90. The lowest BCUT2D eigenvalue weighted by atomic mass is 10.1. The van der Waals surface area contributed by atoms with Crippen LogP contribution in [-0.4, -0.2) is 21.1 Å². The van der Waals surface area contributed by atoms with Crippen molar-refractivity contribution in [3.8, 4) is 11.3 Å². The summed E-state index contributed by atoms with van der Waals surface area (Å²) >= 11 is 1.16. The summed E-state index contributed by atoms with van der Waals surface area (Å²) in [5, 5.41) is 9.50. The minimum atomic E-state index is -0.695. The Morgan fingerprint density at radius 3 is 2.55 bits per heavy atom. The van der Waals surface area contributed by atoms with E-state index >= 15 is 0 Å². The van der Waals surface area contributed by atoms with Crippen LogP contribution in [0.1, 0.15) is 49.0 Å². The first-order valence-electron chi connectivity index (χ1n) is 6.85. The molecule has 1 atom stereocenters. The number of aliphatic hydroxyl groups is 1. The van der Waals surface area contributed by atoms with Crippen LogP contribution in [0, 0.1) is 5.82 Å². The summed E-state index contributed by atoms with van der Waals surface area (Å²) in [6.45, 7) is 6.82. The first-order valence-corrected chi connectivity index (χ1v) is 7.62. The fraction of sp³-hybridized carbons (Fsp3) is 0.375. The normalized spacial score (nSPS) is 13.0. The highest BCUT2D eigenvalue weighted by molar-refractivity contribution is 7.06. The summed E-state index contributed by atoms with van der Waals surface area (Å²) in [6, 6.07) is 5.96. The fourth-order valence-electron chi connectivity index (χ4n) is 1.80.